The minimum absolute atomic E-state index is 0.132. The SMILES string of the molecule is CC(C)(C)OC(=O)N1CCOCC1C(F)CN. The molecule has 1 rings (SSSR count). The van der Waals surface area contributed by atoms with E-state index in [1.54, 1.807) is 20.8 Å². The zero-order valence-corrected chi connectivity index (χ0v) is 10.6. The molecule has 1 aliphatic rings. The molecule has 0 aromatic heterocycles. The highest BCUT2D eigenvalue weighted by Gasteiger charge is 2.35. The van der Waals surface area contributed by atoms with Crippen molar-refractivity contribution < 1.29 is 18.7 Å². The predicted octanol–water partition coefficient (Wildman–Crippen LogP) is 0.919. The Labute approximate surface area is 101 Å². The summed E-state index contributed by atoms with van der Waals surface area (Å²) >= 11 is 0. The second kappa shape index (κ2) is 5.64. The van der Waals surface area contributed by atoms with Gasteiger partial charge in [-0.3, -0.25) is 4.90 Å². The highest BCUT2D eigenvalue weighted by molar-refractivity contribution is 5.68. The number of nitrogens with zero attached hydrogens (tertiary/aromatic N) is 1. The van der Waals surface area contributed by atoms with Crippen molar-refractivity contribution in [1.82, 2.24) is 4.90 Å². The molecule has 5 nitrogen and oxygen atoms in total. The van der Waals surface area contributed by atoms with Gasteiger partial charge < -0.3 is 15.2 Å². The number of carbonyl (C=O) groups is 1. The number of alkyl halides is 1. The minimum Gasteiger partial charge on any atom is -0.444 e. The third-order valence-electron chi connectivity index (χ3n) is 2.44. The molecule has 2 unspecified atom stereocenters. The summed E-state index contributed by atoms with van der Waals surface area (Å²) in [6.45, 7) is 6.08. The van der Waals surface area contributed by atoms with Gasteiger partial charge in [0.15, 0.2) is 0 Å². The number of carbonyl (C=O) groups excluding carboxylic acids is 1. The molecule has 0 spiro atoms. The average Bonchev–Trinajstić information content (AvgIpc) is 2.25. The Morgan fingerprint density at radius 3 is 2.82 bits per heavy atom. The third-order valence-corrected chi connectivity index (χ3v) is 2.44. The van der Waals surface area contributed by atoms with Gasteiger partial charge in [-0.2, -0.15) is 0 Å². The van der Waals surface area contributed by atoms with Crippen LogP contribution in [0.5, 0.6) is 0 Å². The summed E-state index contributed by atoms with van der Waals surface area (Å²) < 4.78 is 24.0. The monoisotopic (exact) mass is 248 g/mol. The summed E-state index contributed by atoms with van der Waals surface area (Å²) in [5.74, 6) is 0. The molecule has 0 saturated carbocycles. The van der Waals surface area contributed by atoms with Crippen LogP contribution in [-0.4, -0.2) is 55.1 Å². The van der Waals surface area contributed by atoms with Crippen molar-refractivity contribution in [2.24, 2.45) is 5.73 Å². The number of hydrogen-bond donors (Lipinski definition) is 1. The van der Waals surface area contributed by atoms with Crippen molar-refractivity contribution in [3.8, 4) is 0 Å². The van der Waals surface area contributed by atoms with Crippen LogP contribution < -0.4 is 5.73 Å². The fourth-order valence-electron chi connectivity index (χ4n) is 1.63. The summed E-state index contributed by atoms with van der Waals surface area (Å²) in [6, 6.07) is -0.649. The third kappa shape index (κ3) is 4.12. The standard InChI is InChI=1S/C11H21FN2O3/c1-11(2,3)17-10(15)14-4-5-16-7-9(14)8(12)6-13/h8-9H,4-7,13H2,1-3H3. The average molecular weight is 248 g/mol. The summed E-state index contributed by atoms with van der Waals surface area (Å²) in [5.41, 5.74) is 4.69. The van der Waals surface area contributed by atoms with Gasteiger partial charge in [0.25, 0.3) is 0 Å². The highest BCUT2D eigenvalue weighted by Crippen LogP contribution is 2.17. The summed E-state index contributed by atoms with van der Waals surface area (Å²) in [7, 11) is 0. The van der Waals surface area contributed by atoms with Gasteiger partial charge in [0.1, 0.15) is 11.8 Å². The first-order chi connectivity index (χ1) is 7.85. The quantitative estimate of drug-likeness (QED) is 0.789. The maximum Gasteiger partial charge on any atom is 0.410 e. The number of ether oxygens (including phenoxy) is 2. The number of halogens is 1. The number of morpholine rings is 1. The molecule has 0 radical (unpaired) electrons. The van der Waals surface area contributed by atoms with Crippen LogP contribution in [0.25, 0.3) is 0 Å². The molecule has 1 saturated heterocycles. The maximum atomic E-state index is 13.6. The molecule has 1 heterocycles. The van der Waals surface area contributed by atoms with E-state index in [4.69, 9.17) is 15.2 Å². The van der Waals surface area contributed by atoms with Gasteiger partial charge in [0, 0.05) is 13.1 Å². The Kier molecular flexibility index (Phi) is 4.70. The lowest BCUT2D eigenvalue weighted by Gasteiger charge is -2.37. The van der Waals surface area contributed by atoms with Gasteiger partial charge in [-0.15, -0.1) is 0 Å². The highest BCUT2D eigenvalue weighted by atomic mass is 19.1. The van der Waals surface area contributed by atoms with Crippen molar-refractivity contribution >= 4 is 6.09 Å². The Morgan fingerprint density at radius 1 is 1.65 bits per heavy atom. The van der Waals surface area contributed by atoms with E-state index in [9.17, 15) is 9.18 Å². The Hall–Kier alpha value is -0.880. The lowest BCUT2D eigenvalue weighted by molar-refractivity contribution is -0.0500. The molecular weight excluding hydrogens is 227 g/mol. The first kappa shape index (κ1) is 14.2. The number of nitrogens with two attached hydrogens (primary N) is 1. The lowest BCUT2D eigenvalue weighted by Crippen LogP contribution is -2.55. The summed E-state index contributed by atoms with van der Waals surface area (Å²) in [4.78, 5) is 13.3. The van der Waals surface area contributed by atoms with Crippen LogP contribution in [0, 0.1) is 0 Å². The zero-order chi connectivity index (χ0) is 13.1. The van der Waals surface area contributed by atoms with Crippen LogP contribution in [0.4, 0.5) is 9.18 Å². The second-order valence-electron chi connectivity index (χ2n) is 5.07. The van der Waals surface area contributed by atoms with E-state index in [1.807, 2.05) is 0 Å². The van der Waals surface area contributed by atoms with Gasteiger partial charge in [-0.25, -0.2) is 9.18 Å². The van der Waals surface area contributed by atoms with Crippen LogP contribution in [0.1, 0.15) is 20.8 Å². The van der Waals surface area contributed by atoms with E-state index >= 15 is 0 Å². The molecule has 1 fully saturated rings. The molecule has 6 heteroatoms. The van der Waals surface area contributed by atoms with Crippen molar-refractivity contribution in [2.45, 2.75) is 38.6 Å². The van der Waals surface area contributed by atoms with Crippen LogP contribution in [-0.2, 0) is 9.47 Å². The molecule has 17 heavy (non-hydrogen) atoms. The van der Waals surface area contributed by atoms with Crippen molar-refractivity contribution in [3.05, 3.63) is 0 Å². The Morgan fingerprint density at radius 2 is 2.29 bits per heavy atom. The van der Waals surface area contributed by atoms with Gasteiger partial charge in [0.05, 0.1) is 19.3 Å². The fraction of sp³-hybridized carbons (Fsp3) is 0.909. The van der Waals surface area contributed by atoms with Crippen LogP contribution in [0.3, 0.4) is 0 Å². The Balaban J connectivity index is 2.67. The second-order valence-corrected chi connectivity index (χ2v) is 5.07. The first-order valence-corrected chi connectivity index (χ1v) is 5.76. The molecule has 0 aromatic carbocycles. The van der Waals surface area contributed by atoms with E-state index in [0.29, 0.717) is 13.2 Å². The molecule has 1 aliphatic heterocycles. The number of amides is 1. The summed E-state index contributed by atoms with van der Waals surface area (Å²) in [5, 5.41) is 0. The molecule has 0 aromatic rings. The molecule has 1 amide bonds. The molecule has 2 atom stereocenters. The van der Waals surface area contributed by atoms with Crippen LogP contribution >= 0.6 is 0 Å². The smallest absolute Gasteiger partial charge is 0.410 e. The van der Waals surface area contributed by atoms with E-state index in [1.165, 1.54) is 4.90 Å². The molecule has 100 valence electrons. The van der Waals surface area contributed by atoms with Gasteiger partial charge in [-0.05, 0) is 20.8 Å². The molecule has 0 bridgehead atoms. The van der Waals surface area contributed by atoms with Crippen molar-refractivity contribution in [1.29, 1.82) is 0 Å². The van der Waals surface area contributed by atoms with Crippen LogP contribution in [0.2, 0.25) is 0 Å². The molecule has 0 aliphatic carbocycles. The normalized spacial score (nSPS) is 23.4. The number of rotatable bonds is 2. The van der Waals surface area contributed by atoms with Crippen LogP contribution in [0.15, 0.2) is 0 Å². The lowest BCUT2D eigenvalue weighted by atomic mass is 10.1. The topological polar surface area (TPSA) is 64.8 Å². The molecule has 2 N–H and O–H groups in total. The van der Waals surface area contributed by atoms with E-state index < -0.39 is 23.9 Å². The van der Waals surface area contributed by atoms with Crippen molar-refractivity contribution in [3.63, 3.8) is 0 Å². The minimum atomic E-state index is -1.29. The number of hydrogen-bond acceptors (Lipinski definition) is 4. The zero-order valence-electron chi connectivity index (χ0n) is 10.6. The van der Waals surface area contributed by atoms with Crippen molar-refractivity contribution in [2.75, 3.05) is 26.3 Å². The van der Waals surface area contributed by atoms with E-state index in [0.717, 1.165) is 0 Å². The van der Waals surface area contributed by atoms with Gasteiger partial charge >= 0.3 is 6.09 Å². The van der Waals surface area contributed by atoms with Gasteiger partial charge in [-0.1, -0.05) is 0 Å². The van der Waals surface area contributed by atoms with E-state index in [2.05, 4.69) is 0 Å². The Bertz CT molecular complexity index is 268. The largest absolute Gasteiger partial charge is 0.444 e. The molecular formula is C11H21FN2O3. The first-order valence-electron chi connectivity index (χ1n) is 5.76. The van der Waals surface area contributed by atoms with Gasteiger partial charge in [0.2, 0.25) is 0 Å². The van der Waals surface area contributed by atoms with E-state index in [-0.39, 0.29) is 13.2 Å². The predicted molar refractivity (Wildman–Crippen MR) is 61.5 cm³/mol. The fourth-order valence-corrected chi connectivity index (χ4v) is 1.63. The summed E-state index contributed by atoms with van der Waals surface area (Å²) in [6.07, 6.45) is -1.80. The maximum absolute atomic E-state index is 13.6.